The number of aliphatic imine (C=N–C) groups is 1. The topological polar surface area (TPSA) is 50.4 Å². The largest absolute Gasteiger partial charge is 0.417 e. The Morgan fingerprint density at radius 2 is 1.95 bits per heavy atom. The molecule has 1 aromatic rings. The highest BCUT2D eigenvalue weighted by molar-refractivity contribution is 9.10. The molecule has 1 aliphatic rings. The molecule has 1 saturated carbocycles. The van der Waals surface area contributed by atoms with Crippen molar-refractivity contribution in [3.63, 3.8) is 0 Å². The van der Waals surface area contributed by atoms with Crippen molar-refractivity contribution in [2.75, 3.05) is 0 Å². The van der Waals surface area contributed by atoms with Gasteiger partial charge in [0.05, 0.1) is 11.6 Å². The van der Waals surface area contributed by atoms with Crippen LogP contribution in [0.2, 0.25) is 0 Å². The molecule has 3 nitrogen and oxygen atoms in total. The molecule has 110 valence electrons. The van der Waals surface area contributed by atoms with Gasteiger partial charge in [-0.05, 0) is 31.0 Å². The zero-order chi connectivity index (χ0) is 14.8. The van der Waals surface area contributed by atoms with Crippen LogP contribution in [-0.2, 0) is 6.18 Å². The van der Waals surface area contributed by atoms with Crippen molar-refractivity contribution in [1.82, 2.24) is 5.43 Å². The highest BCUT2D eigenvalue weighted by atomic mass is 79.9. The van der Waals surface area contributed by atoms with Crippen molar-refractivity contribution < 1.29 is 13.2 Å². The van der Waals surface area contributed by atoms with E-state index < -0.39 is 11.7 Å². The Kier molecular flexibility index (Phi) is 4.70. The van der Waals surface area contributed by atoms with Crippen LogP contribution in [0.1, 0.15) is 36.8 Å². The lowest BCUT2D eigenvalue weighted by atomic mass is 10.1. The van der Waals surface area contributed by atoms with E-state index in [1.165, 1.54) is 6.07 Å². The fourth-order valence-corrected chi connectivity index (χ4v) is 2.72. The zero-order valence-corrected chi connectivity index (χ0v) is 12.3. The number of rotatable bonds is 2. The van der Waals surface area contributed by atoms with Gasteiger partial charge in [0.2, 0.25) is 0 Å². The Morgan fingerprint density at radius 3 is 2.50 bits per heavy atom. The first kappa shape index (κ1) is 15.3. The Balaban J connectivity index is 2.43. The first-order chi connectivity index (χ1) is 9.41. The van der Waals surface area contributed by atoms with E-state index in [1.807, 2.05) is 0 Å². The van der Waals surface area contributed by atoms with Crippen LogP contribution in [0, 0.1) is 0 Å². The Morgan fingerprint density at radius 1 is 1.30 bits per heavy atom. The van der Waals surface area contributed by atoms with Gasteiger partial charge in [-0.25, -0.2) is 5.84 Å². The summed E-state index contributed by atoms with van der Waals surface area (Å²) < 4.78 is 39.6. The van der Waals surface area contributed by atoms with Gasteiger partial charge in [0, 0.05) is 10.0 Å². The average molecular weight is 350 g/mol. The van der Waals surface area contributed by atoms with Crippen LogP contribution in [0.25, 0.3) is 0 Å². The van der Waals surface area contributed by atoms with Crippen molar-refractivity contribution in [2.45, 2.75) is 37.9 Å². The van der Waals surface area contributed by atoms with E-state index in [-0.39, 0.29) is 17.4 Å². The lowest BCUT2D eigenvalue weighted by Gasteiger charge is -2.16. The molecule has 0 aromatic heterocycles. The van der Waals surface area contributed by atoms with Crippen molar-refractivity contribution in [3.8, 4) is 0 Å². The Hall–Kier alpha value is -1.08. The minimum atomic E-state index is -4.45. The van der Waals surface area contributed by atoms with Gasteiger partial charge in [-0.3, -0.25) is 4.99 Å². The van der Waals surface area contributed by atoms with Gasteiger partial charge < -0.3 is 5.43 Å². The summed E-state index contributed by atoms with van der Waals surface area (Å²) in [5.74, 6) is 5.47. The maximum absolute atomic E-state index is 13.1. The molecular weight excluding hydrogens is 335 g/mol. The molecule has 0 bridgehead atoms. The fourth-order valence-electron chi connectivity index (χ4n) is 2.36. The van der Waals surface area contributed by atoms with Crippen molar-refractivity contribution in [2.24, 2.45) is 10.8 Å². The molecule has 0 atom stereocenters. The summed E-state index contributed by atoms with van der Waals surface area (Å²) >= 11 is 3.06. The maximum atomic E-state index is 13.1. The van der Waals surface area contributed by atoms with Crippen LogP contribution < -0.4 is 11.3 Å². The quantitative estimate of drug-likeness (QED) is 0.371. The number of nitrogens with zero attached hydrogens (tertiary/aromatic N) is 1. The number of halogens is 4. The van der Waals surface area contributed by atoms with Crippen molar-refractivity contribution in [1.29, 1.82) is 0 Å². The van der Waals surface area contributed by atoms with E-state index in [1.54, 1.807) is 6.07 Å². The maximum Gasteiger partial charge on any atom is 0.417 e. The van der Waals surface area contributed by atoms with Gasteiger partial charge >= 0.3 is 6.18 Å². The molecule has 0 saturated heterocycles. The number of nitrogens with one attached hydrogen (secondary N) is 1. The number of benzene rings is 1. The highest BCUT2D eigenvalue weighted by Crippen LogP contribution is 2.34. The second kappa shape index (κ2) is 6.13. The van der Waals surface area contributed by atoms with Gasteiger partial charge in [-0.1, -0.05) is 28.8 Å². The minimum Gasteiger partial charge on any atom is -0.308 e. The summed E-state index contributed by atoms with van der Waals surface area (Å²) in [5.41, 5.74) is 1.54. The molecule has 3 N–H and O–H groups in total. The average Bonchev–Trinajstić information content (AvgIpc) is 2.88. The van der Waals surface area contributed by atoms with Crippen LogP contribution in [0.5, 0.6) is 0 Å². The molecule has 1 fully saturated rings. The predicted octanol–water partition coefficient (Wildman–Crippen LogP) is 3.62. The second-order valence-corrected chi connectivity index (χ2v) is 5.66. The molecule has 20 heavy (non-hydrogen) atoms. The Bertz CT molecular complexity index is 508. The number of alkyl halides is 3. The lowest BCUT2D eigenvalue weighted by Crippen LogP contribution is -2.34. The van der Waals surface area contributed by atoms with Crippen LogP contribution >= 0.6 is 15.9 Å². The van der Waals surface area contributed by atoms with Gasteiger partial charge in [-0.15, -0.1) is 0 Å². The van der Waals surface area contributed by atoms with Crippen molar-refractivity contribution in [3.05, 3.63) is 33.8 Å². The van der Waals surface area contributed by atoms with Gasteiger partial charge in [0.1, 0.15) is 5.84 Å². The third-order valence-corrected chi connectivity index (χ3v) is 3.81. The third kappa shape index (κ3) is 3.52. The number of hydrogen-bond acceptors (Lipinski definition) is 2. The van der Waals surface area contributed by atoms with Gasteiger partial charge in [-0.2, -0.15) is 13.2 Å². The van der Waals surface area contributed by atoms with Gasteiger partial charge in [0.15, 0.2) is 0 Å². The number of nitrogens with two attached hydrogens (primary N) is 1. The van der Waals surface area contributed by atoms with Crippen molar-refractivity contribution >= 4 is 21.8 Å². The first-order valence-corrected chi connectivity index (χ1v) is 7.12. The van der Waals surface area contributed by atoms with Crippen LogP contribution in [0.3, 0.4) is 0 Å². The lowest BCUT2D eigenvalue weighted by molar-refractivity contribution is -0.137. The van der Waals surface area contributed by atoms with E-state index in [0.29, 0.717) is 4.47 Å². The zero-order valence-electron chi connectivity index (χ0n) is 10.7. The van der Waals surface area contributed by atoms with Crippen LogP contribution in [0.15, 0.2) is 27.7 Å². The molecule has 1 aromatic carbocycles. The molecule has 0 unspecified atom stereocenters. The molecule has 7 heteroatoms. The van der Waals surface area contributed by atoms with Gasteiger partial charge in [0.25, 0.3) is 0 Å². The SMILES string of the molecule is NNC(=NC1CCCC1)c1ccc(Br)cc1C(F)(F)F. The third-order valence-electron chi connectivity index (χ3n) is 3.32. The number of hydrazine groups is 1. The normalized spacial score (nSPS) is 17.6. The first-order valence-electron chi connectivity index (χ1n) is 6.33. The molecule has 1 aliphatic carbocycles. The minimum absolute atomic E-state index is 0.0184. The molecule has 2 rings (SSSR count). The summed E-state index contributed by atoms with van der Waals surface area (Å²) in [4.78, 5) is 4.33. The summed E-state index contributed by atoms with van der Waals surface area (Å²) in [7, 11) is 0. The summed E-state index contributed by atoms with van der Waals surface area (Å²) in [6.07, 6.45) is -0.560. The predicted molar refractivity (Wildman–Crippen MR) is 75.3 cm³/mol. The number of amidine groups is 1. The fraction of sp³-hybridized carbons (Fsp3) is 0.462. The summed E-state index contributed by atoms with van der Waals surface area (Å²) in [5, 5.41) is 0. The van der Waals surface area contributed by atoms with E-state index >= 15 is 0 Å². The van der Waals surface area contributed by atoms with E-state index in [4.69, 9.17) is 5.84 Å². The molecule has 0 heterocycles. The molecule has 0 spiro atoms. The summed E-state index contributed by atoms with van der Waals surface area (Å²) in [6, 6.07) is 4.01. The van der Waals surface area contributed by atoms with E-state index in [2.05, 4.69) is 26.3 Å². The molecule has 0 aliphatic heterocycles. The monoisotopic (exact) mass is 349 g/mol. The smallest absolute Gasteiger partial charge is 0.308 e. The van der Waals surface area contributed by atoms with E-state index in [0.717, 1.165) is 31.7 Å². The van der Waals surface area contributed by atoms with Crippen LogP contribution in [-0.4, -0.2) is 11.9 Å². The Labute approximate surface area is 123 Å². The molecular formula is C13H15BrF3N3. The van der Waals surface area contributed by atoms with E-state index in [9.17, 15) is 13.2 Å². The second-order valence-electron chi connectivity index (χ2n) is 4.75. The number of hydrogen-bond donors (Lipinski definition) is 2. The highest BCUT2D eigenvalue weighted by Gasteiger charge is 2.35. The summed E-state index contributed by atoms with van der Waals surface area (Å²) in [6.45, 7) is 0. The molecule has 0 radical (unpaired) electrons. The molecule has 0 amide bonds. The van der Waals surface area contributed by atoms with Crippen LogP contribution in [0.4, 0.5) is 13.2 Å². The standard InChI is InChI=1S/C13H15BrF3N3/c14-8-5-6-10(11(7-8)13(15,16)17)12(20-18)19-9-3-1-2-4-9/h5-7,9H,1-4,18H2,(H,19,20).